The van der Waals surface area contributed by atoms with Crippen molar-refractivity contribution in [3.05, 3.63) is 34.4 Å². The van der Waals surface area contributed by atoms with Gasteiger partial charge in [-0.2, -0.15) is 0 Å². The molecule has 7 nitrogen and oxygen atoms in total. The van der Waals surface area contributed by atoms with E-state index in [4.69, 9.17) is 4.98 Å². The average Bonchev–Trinajstić information content (AvgIpc) is 3.02. The summed E-state index contributed by atoms with van der Waals surface area (Å²) in [6.45, 7) is 14.2. The number of benzene rings is 1. The number of rotatable bonds is 4. The first-order valence-electron chi connectivity index (χ1n) is 11.5. The number of aromatic nitrogens is 2. The second-order valence-electron chi connectivity index (χ2n) is 10.3. The largest absolute Gasteiger partial charge is 0.367 e. The van der Waals surface area contributed by atoms with E-state index in [1.807, 2.05) is 46.8 Å². The molecule has 2 aromatic rings. The fourth-order valence-electron chi connectivity index (χ4n) is 4.84. The predicted molar refractivity (Wildman–Crippen MR) is 125 cm³/mol. The van der Waals surface area contributed by atoms with Crippen molar-refractivity contribution < 1.29 is 4.79 Å². The van der Waals surface area contributed by atoms with Crippen molar-refractivity contribution in [2.45, 2.75) is 71.5 Å². The topological polar surface area (TPSA) is 70.5 Å². The number of carbonyl (C=O) groups is 1. The van der Waals surface area contributed by atoms with Gasteiger partial charge in [-0.15, -0.1) is 0 Å². The van der Waals surface area contributed by atoms with Crippen LogP contribution in [0, 0.1) is 0 Å². The van der Waals surface area contributed by atoms with Gasteiger partial charge in [-0.05, 0) is 44.9 Å². The van der Waals surface area contributed by atoms with Crippen molar-refractivity contribution in [2.24, 2.45) is 0 Å². The first kappa shape index (κ1) is 21.8. The molecule has 31 heavy (non-hydrogen) atoms. The van der Waals surface area contributed by atoms with Crippen molar-refractivity contribution in [3.8, 4) is 0 Å². The third-order valence-electron chi connectivity index (χ3n) is 6.35. The first-order chi connectivity index (χ1) is 14.6. The van der Waals surface area contributed by atoms with Crippen molar-refractivity contribution in [2.75, 3.05) is 31.1 Å². The molecule has 0 aliphatic carbocycles. The molecule has 0 radical (unpaired) electrons. The molecular weight excluding hydrogens is 390 g/mol. The number of anilines is 1. The van der Waals surface area contributed by atoms with Gasteiger partial charge in [0.1, 0.15) is 12.4 Å². The number of amides is 1. The lowest BCUT2D eigenvalue weighted by Crippen LogP contribution is -2.40. The smallest absolute Gasteiger partial charge is 0.261 e. The molecule has 3 aliphatic rings. The zero-order valence-electron chi connectivity index (χ0n) is 19.4. The summed E-state index contributed by atoms with van der Waals surface area (Å²) in [5.41, 5.74) is 1.28. The molecule has 0 unspecified atom stereocenters. The van der Waals surface area contributed by atoms with Crippen LogP contribution in [-0.4, -0.2) is 58.6 Å². The number of hydrogen-bond donors (Lipinski definition) is 1. The summed E-state index contributed by atoms with van der Waals surface area (Å²) in [5.74, 6) is 0.469. The Bertz CT molecular complexity index is 1030. The van der Waals surface area contributed by atoms with E-state index in [0.717, 1.165) is 31.9 Å². The summed E-state index contributed by atoms with van der Waals surface area (Å²) in [6, 6.07) is 6.61. The van der Waals surface area contributed by atoms with E-state index in [-0.39, 0.29) is 29.5 Å². The minimum atomic E-state index is -0.359. The van der Waals surface area contributed by atoms with Gasteiger partial charge in [0.05, 0.1) is 10.9 Å². The molecule has 3 saturated heterocycles. The van der Waals surface area contributed by atoms with Gasteiger partial charge in [0.2, 0.25) is 5.91 Å². The Morgan fingerprint density at radius 1 is 1.16 bits per heavy atom. The van der Waals surface area contributed by atoms with Crippen LogP contribution < -0.4 is 15.8 Å². The van der Waals surface area contributed by atoms with Gasteiger partial charge >= 0.3 is 0 Å². The van der Waals surface area contributed by atoms with Crippen LogP contribution in [0.5, 0.6) is 0 Å². The van der Waals surface area contributed by atoms with Crippen LogP contribution in [0.25, 0.3) is 10.9 Å². The maximum atomic E-state index is 13.6. The molecule has 3 fully saturated rings. The molecule has 3 aliphatic heterocycles. The SMILES string of the molecule is CC(C)NC(=O)Cn1c(C(C)(C)C)nc2ccc(N3CCN4CCC3CC4)cc2c1=O. The fraction of sp³-hybridized carbons (Fsp3) is 0.625. The lowest BCUT2D eigenvalue weighted by atomic mass is 9.94. The molecule has 7 heteroatoms. The van der Waals surface area contributed by atoms with E-state index in [9.17, 15) is 9.59 Å². The van der Waals surface area contributed by atoms with Crippen LogP contribution in [0.15, 0.2) is 23.0 Å². The van der Waals surface area contributed by atoms with Crippen molar-refractivity contribution in [1.29, 1.82) is 0 Å². The van der Waals surface area contributed by atoms with Gasteiger partial charge in [0.15, 0.2) is 0 Å². The van der Waals surface area contributed by atoms with E-state index in [1.165, 1.54) is 12.8 Å². The van der Waals surface area contributed by atoms with Crippen LogP contribution in [0.2, 0.25) is 0 Å². The molecule has 5 rings (SSSR count). The van der Waals surface area contributed by atoms with Gasteiger partial charge in [-0.25, -0.2) is 4.98 Å². The fourth-order valence-corrected chi connectivity index (χ4v) is 4.84. The second kappa shape index (κ2) is 8.26. The minimum absolute atomic E-state index is 0.0158. The molecule has 0 atom stereocenters. The Hall–Kier alpha value is -2.41. The van der Waals surface area contributed by atoms with Gasteiger partial charge in [-0.3, -0.25) is 14.2 Å². The lowest BCUT2D eigenvalue weighted by molar-refractivity contribution is -0.122. The number of nitrogens with one attached hydrogen (secondary N) is 1. The quantitative estimate of drug-likeness (QED) is 0.815. The molecule has 2 bridgehead atoms. The third kappa shape index (κ3) is 4.47. The highest BCUT2D eigenvalue weighted by atomic mass is 16.2. The number of carbonyl (C=O) groups excluding carboxylic acids is 1. The number of hydrogen-bond acceptors (Lipinski definition) is 5. The molecule has 168 valence electrons. The highest BCUT2D eigenvalue weighted by molar-refractivity contribution is 5.83. The van der Waals surface area contributed by atoms with Crippen molar-refractivity contribution in [3.63, 3.8) is 0 Å². The summed E-state index contributed by atoms with van der Waals surface area (Å²) >= 11 is 0. The summed E-state index contributed by atoms with van der Waals surface area (Å²) in [6.07, 6.45) is 2.33. The highest BCUT2D eigenvalue weighted by Gasteiger charge is 2.30. The van der Waals surface area contributed by atoms with E-state index in [1.54, 1.807) is 4.57 Å². The van der Waals surface area contributed by atoms with Crippen molar-refractivity contribution in [1.82, 2.24) is 19.8 Å². The first-order valence-corrected chi connectivity index (χ1v) is 11.5. The maximum Gasteiger partial charge on any atom is 0.261 e. The summed E-state index contributed by atoms with van der Waals surface area (Å²) < 4.78 is 1.56. The Kier molecular flexibility index (Phi) is 5.81. The Morgan fingerprint density at radius 2 is 1.87 bits per heavy atom. The summed E-state index contributed by atoms with van der Waals surface area (Å²) in [5, 5.41) is 3.48. The predicted octanol–water partition coefficient (Wildman–Crippen LogP) is 2.50. The third-order valence-corrected chi connectivity index (χ3v) is 6.35. The van der Waals surface area contributed by atoms with Gasteiger partial charge < -0.3 is 15.1 Å². The van der Waals surface area contributed by atoms with Gasteiger partial charge in [0, 0.05) is 49.4 Å². The summed E-state index contributed by atoms with van der Waals surface area (Å²) in [7, 11) is 0. The van der Waals surface area contributed by atoms with E-state index in [2.05, 4.69) is 21.2 Å². The Labute approximate surface area is 184 Å². The van der Waals surface area contributed by atoms with Crippen molar-refractivity contribution >= 4 is 22.5 Å². The second-order valence-corrected chi connectivity index (χ2v) is 10.3. The molecular formula is C24H35N5O2. The number of fused-ring (bicyclic) bond motifs is 5. The van der Waals surface area contributed by atoms with Crippen LogP contribution >= 0.6 is 0 Å². The normalized spacial score (nSPS) is 21.5. The van der Waals surface area contributed by atoms with Crippen LogP contribution in [0.4, 0.5) is 5.69 Å². The van der Waals surface area contributed by atoms with Crippen LogP contribution in [-0.2, 0) is 16.8 Å². The zero-order chi connectivity index (χ0) is 22.3. The van der Waals surface area contributed by atoms with Gasteiger partial charge in [0.25, 0.3) is 5.56 Å². The highest BCUT2D eigenvalue weighted by Crippen LogP contribution is 2.29. The average molecular weight is 426 g/mol. The van der Waals surface area contributed by atoms with E-state index in [0.29, 0.717) is 22.8 Å². The van der Waals surface area contributed by atoms with Crippen LogP contribution in [0.1, 0.15) is 53.3 Å². The number of nitrogens with zero attached hydrogens (tertiary/aromatic N) is 4. The van der Waals surface area contributed by atoms with E-state index < -0.39 is 0 Å². The van der Waals surface area contributed by atoms with E-state index >= 15 is 0 Å². The zero-order valence-corrected chi connectivity index (χ0v) is 19.4. The molecule has 1 amide bonds. The monoisotopic (exact) mass is 425 g/mol. The molecule has 4 heterocycles. The van der Waals surface area contributed by atoms with Gasteiger partial charge in [-0.1, -0.05) is 20.8 Å². The van der Waals surface area contributed by atoms with Crippen LogP contribution in [0.3, 0.4) is 0 Å². The minimum Gasteiger partial charge on any atom is -0.367 e. The molecule has 0 spiro atoms. The maximum absolute atomic E-state index is 13.6. The molecule has 0 saturated carbocycles. The number of piperidine rings is 1. The molecule has 1 aromatic carbocycles. The Morgan fingerprint density at radius 3 is 2.52 bits per heavy atom. The molecule has 1 N–H and O–H groups in total. The standard InChI is InChI=1S/C24H35N5O2/c1-16(2)25-21(30)15-29-22(31)19-14-18(6-7-20(19)26-23(29)24(3,4)5)28-13-12-27-10-8-17(28)9-11-27/h6-7,14,16-17H,8-13,15H2,1-5H3,(H,25,30). The molecule has 1 aromatic heterocycles. The lowest BCUT2D eigenvalue weighted by Gasteiger charge is -2.33. The Balaban J connectivity index is 1.79. The summed E-state index contributed by atoms with van der Waals surface area (Å²) in [4.78, 5) is 35.9.